The standard InChI is InChI=1S/C46H66O12Si/c1-28-22-34(27-54-59(46(6,7)8,36-16-12-10-13-17-36)37-18-14-11-15-19-37)57-38(28)21-20-33-23-29(2)42(45(51)52-9)39(56-33)25-41-44(50)30(3)43(49)40(58-41)24-35(55-32(5)48)26-53-31(4)47/h10-19,29-30,33-35,38-44,49-50H,1,20-27H2,2-9H3/t29-,30+,33+,34-,35-,38+,39-,40+,41+,42?,43+,44-/m1/s1. The van der Waals surface area contributed by atoms with Gasteiger partial charge < -0.3 is 43.1 Å². The predicted octanol–water partition coefficient (Wildman–Crippen LogP) is 5.04. The number of carbonyl (C=O) groups is 3. The number of hydrogen-bond donors (Lipinski definition) is 2. The van der Waals surface area contributed by atoms with E-state index < -0.39 is 74.7 Å². The maximum atomic E-state index is 13.2. The van der Waals surface area contributed by atoms with Gasteiger partial charge in [-0.2, -0.15) is 0 Å². The number of rotatable bonds is 16. The Kier molecular flexibility index (Phi) is 16.1. The quantitative estimate of drug-likeness (QED) is 0.101. The van der Waals surface area contributed by atoms with Crippen molar-refractivity contribution in [2.24, 2.45) is 17.8 Å². The zero-order valence-corrected chi connectivity index (χ0v) is 37.0. The highest BCUT2D eigenvalue weighted by atomic mass is 28.4. The lowest BCUT2D eigenvalue weighted by Crippen LogP contribution is -2.67. The second-order valence-corrected chi connectivity index (χ2v) is 22.1. The predicted molar refractivity (Wildman–Crippen MR) is 224 cm³/mol. The molecule has 3 fully saturated rings. The van der Waals surface area contributed by atoms with E-state index >= 15 is 0 Å². The van der Waals surface area contributed by atoms with Crippen molar-refractivity contribution < 1.29 is 57.4 Å². The smallest absolute Gasteiger partial charge is 0.311 e. The Labute approximate surface area is 351 Å². The first-order valence-corrected chi connectivity index (χ1v) is 23.0. The third-order valence-corrected chi connectivity index (χ3v) is 17.4. The second-order valence-electron chi connectivity index (χ2n) is 17.8. The zero-order valence-electron chi connectivity index (χ0n) is 36.0. The lowest BCUT2D eigenvalue weighted by molar-refractivity contribution is -0.224. The number of aliphatic hydroxyl groups excluding tert-OH is 2. The van der Waals surface area contributed by atoms with Gasteiger partial charge in [0.25, 0.3) is 8.32 Å². The van der Waals surface area contributed by atoms with E-state index in [2.05, 4.69) is 75.9 Å². The van der Waals surface area contributed by atoms with Gasteiger partial charge >= 0.3 is 17.9 Å². The maximum absolute atomic E-state index is 13.2. The molecule has 0 bridgehead atoms. The van der Waals surface area contributed by atoms with Crippen LogP contribution in [0.25, 0.3) is 0 Å². The van der Waals surface area contributed by atoms with Crippen molar-refractivity contribution in [2.45, 2.75) is 147 Å². The van der Waals surface area contributed by atoms with Crippen molar-refractivity contribution in [3.63, 3.8) is 0 Å². The molecule has 5 rings (SSSR count). The van der Waals surface area contributed by atoms with Crippen molar-refractivity contribution >= 4 is 36.6 Å². The van der Waals surface area contributed by atoms with E-state index in [9.17, 15) is 24.6 Å². The third-order valence-electron chi connectivity index (χ3n) is 12.4. The normalized spacial score (nSPS) is 30.7. The first-order valence-electron chi connectivity index (χ1n) is 21.1. The molecule has 59 heavy (non-hydrogen) atoms. The third kappa shape index (κ3) is 11.3. The van der Waals surface area contributed by atoms with Gasteiger partial charge in [0.1, 0.15) is 12.7 Å². The van der Waals surface area contributed by atoms with Crippen molar-refractivity contribution in [3.05, 3.63) is 72.8 Å². The number of hydrogen-bond acceptors (Lipinski definition) is 12. The van der Waals surface area contributed by atoms with Gasteiger partial charge in [0.2, 0.25) is 0 Å². The number of methoxy groups -OCH3 is 1. The average Bonchev–Trinajstić information content (AvgIpc) is 3.55. The molecule has 2 N–H and O–H groups in total. The molecule has 2 aromatic carbocycles. The minimum absolute atomic E-state index is 0.0295. The minimum Gasteiger partial charge on any atom is -0.469 e. The fourth-order valence-electron chi connectivity index (χ4n) is 9.45. The highest BCUT2D eigenvalue weighted by Gasteiger charge is 2.51. The van der Waals surface area contributed by atoms with Gasteiger partial charge in [0.15, 0.2) is 0 Å². The summed E-state index contributed by atoms with van der Waals surface area (Å²) in [4.78, 5) is 36.6. The van der Waals surface area contributed by atoms with Gasteiger partial charge in [-0.25, -0.2) is 0 Å². The van der Waals surface area contributed by atoms with Crippen molar-refractivity contribution in [1.82, 2.24) is 0 Å². The van der Waals surface area contributed by atoms with Crippen LogP contribution < -0.4 is 10.4 Å². The summed E-state index contributed by atoms with van der Waals surface area (Å²) in [5.41, 5.74) is 1.02. The molecule has 0 aromatic heterocycles. The largest absolute Gasteiger partial charge is 0.469 e. The number of benzene rings is 2. The maximum Gasteiger partial charge on any atom is 0.311 e. The Morgan fingerprint density at radius 2 is 1.46 bits per heavy atom. The van der Waals surface area contributed by atoms with Crippen LogP contribution in [-0.2, 0) is 47.2 Å². The van der Waals surface area contributed by atoms with E-state index in [-0.39, 0.29) is 48.7 Å². The van der Waals surface area contributed by atoms with E-state index in [1.165, 1.54) is 31.3 Å². The molecular formula is C46H66O12Si. The van der Waals surface area contributed by atoms with E-state index in [1.54, 1.807) is 6.92 Å². The summed E-state index contributed by atoms with van der Waals surface area (Å²) in [7, 11) is -1.39. The molecule has 0 radical (unpaired) electrons. The molecule has 3 saturated heterocycles. The molecule has 2 aromatic rings. The van der Waals surface area contributed by atoms with Crippen LogP contribution in [0.5, 0.6) is 0 Å². The van der Waals surface area contributed by atoms with Crippen LogP contribution in [0.4, 0.5) is 0 Å². The molecule has 3 heterocycles. The van der Waals surface area contributed by atoms with Gasteiger partial charge in [-0.1, -0.05) is 102 Å². The molecule has 0 saturated carbocycles. The molecule has 12 atom stereocenters. The SMILES string of the molecule is C=C1C[C@H](CO[Si](c2ccccc2)(c2ccccc2)C(C)(C)C)O[C@H]1CC[C@H]1C[C@@H](C)C(C(=O)OC)[C@@H](C[C@@H]2O[C@@H](C[C@H](COC(C)=O)OC(C)=O)[C@@H](O)[C@H](C)[C@H]2O)O1. The Balaban J connectivity index is 1.25. The Morgan fingerprint density at radius 1 is 0.847 bits per heavy atom. The van der Waals surface area contributed by atoms with Gasteiger partial charge in [0, 0.05) is 32.6 Å². The van der Waals surface area contributed by atoms with Crippen LogP contribution in [-0.4, -0.2) is 112 Å². The number of ether oxygens (including phenoxy) is 6. The second kappa shape index (κ2) is 20.4. The van der Waals surface area contributed by atoms with E-state index in [4.69, 9.17) is 32.8 Å². The summed E-state index contributed by atoms with van der Waals surface area (Å²) >= 11 is 0. The Morgan fingerprint density at radius 3 is 2.02 bits per heavy atom. The van der Waals surface area contributed by atoms with Gasteiger partial charge in [0.05, 0.1) is 68.5 Å². The summed E-state index contributed by atoms with van der Waals surface area (Å²) < 4.78 is 42.6. The molecule has 0 aliphatic carbocycles. The van der Waals surface area contributed by atoms with Crippen LogP contribution >= 0.6 is 0 Å². The fourth-order valence-corrected chi connectivity index (χ4v) is 14.0. The topological polar surface area (TPSA) is 156 Å². The molecule has 3 aliphatic heterocycles. The summed E-state index contributed by atoms with van der Waals surface area (Å²) in [5.74, 6) is -2.82. The number of aliphatic hydroxyl groups is 2. The van der Waals surface area contributed by atoms with E-state index in [0.717, 1.165) is 5.57 Å². The summed E-state index contributed by atoms with van der Waals surface area (Å²) in [6.07, 6.45) is -3.05. The average molecular weight is 839 g/mol. The highest BCUT2D eigenvalue weighted by Crippen LogP contribution is 2.41. The fraction of sp³-hybridized carbons (Fsp3) is 0.630. The van der Waals surface area contributed by atoms with E-state index in [1.807, 2.05) is 19.1 Å². The van der Waals surface area contributed by atoms with Crippen LogP contribution in [0.2, 0.25) is 5.04 Å². The molecule has 1 unspecified atom stereocenters. The van der Waals surface area contributed by atoms with Crippen LogP contribution in [0, 0.1) is 17.8 Å². The summed E-state index contributed by atoms with van der Waals surface area (Å²) in [6.45, 7) is 17.7. The van der Waals surface area contributed by atoms with E-state index in [0.29, 0.717) is 32.3 Å². The molecule has 0 amide bonds. The van der Waals surface area contributed by atoms with Crippen molar-refractivity contribution in [1.29, 1.82) is 0 Å². The van der Waals surface area contributed by atoms with Gasteiger partial charge in [-0.15, -0.1) is 0 Å². The zero-order chi connectivity index (χ0) is 43.1. The highest BCUT2D eigenvalue weighted by molar-refractivity contribution is 6.99. The first-order chi connectivity index (χ1) is 27.9. The van der Waals surface area contributed by atoms with Crippen LogP contribution in [0.1, 0.15) is 87.0 Å². The first kappa shape index (κ1) is 46.6. The molecule has 3 aliphatic rings. The number of carbonyl (C=O) groups excluding carboxylic acids is 3. The Hall–Kier alpha value is -3.43. The van der Waals surface area contributed by atoms with Gasteiger partial charge in [-0.3, -0.25) is 14.4 Å². The molecule has 0 spiro atoms. The van der Waals surface area contributed by atoms with Crippen molar-refractivity contribution in [2.75, 3.05) is 20.3 Å². The molecule has 13 heteroatoms. The molecular weight excluding hydrogens is 773 g/mol. The lowest BCUT2D eigenvalue weighted by atomic mass is 9.77. The number of esters is 3. The van der Waals surface area contributed by atoms with Crippen LogP contribution in [0.3, 0.4) is 0 Å². The summed E-state index contributed by atoms with van der Waals surface area (Å²) in [5, 5.41) is 24.7. The lowest BCUT2D eigenvalue weighted by Gasteiger charge is -2.46. The van der Waals surface area contributed by atoms with Gasteiger partial charge in [-0.05, 0) is 52.6 Å². The van der Waals surface area contributed by atoms with Crippen LogP contribution in [0.15, 0.2) is 72.8 Å². The monoisotopic (exact) mass is 838 g/mol. The summed E-state index contributed by atoms with van der Waals surface area (Å²) in [6, 6.07) is 21.1. The van der Waals surface area contributed by atoms with Crippen molar-refractivity contribution in [3.8, 4) is 0 Å². The molecule has 326 valence electrons. The minimum atomic E-state index is -2.75. The Bertz CT molecular complexity index is 1660. The molecule has 12 nitrogen and oxygen atoms in total.